The number of carbonyl (C=O) groups is 2. The van der Waals surface area contributed by atoms with Crippen molar-refractivity contribution in [2.75, 3.05) is 5.73 Å². The maximum Gasteiger partial charge on any atom is 0.273 e. The highest BCUT2D eigenvalue weighted by Crippen LogP contribution is 2.30. The molecule has 3 aromatic carbocycles. The molecule has 0 unspecified atom stereocenters. The van der Waals surface area contributed by atoms with Crippen LogP contribution < -0.4 is 11.1 Å². The lowest BCUT2D eigenvalue weighted by Crippen LogP contribution is -2.40. The molecule has 1 aliphatic carbocycles. The summed E-state index contributed by atoms with van der Waals surface area (Å²) in [5.41, 5.74) is 7.41. The number of sulfone groups is 1. The Bertz CT molecular complexity index is 1990. The summed E-state index contributed by atoms with van der Waals surface area (Å²) < 4.78 is 79.7. The van der Waals surface area contributed by atoms with Crippen LogP contribution in [0.15, 0.2) is 82.9 Å². The summed E-state index contributed by atoms with van der Waals surface area (Å²) in [5.74, 6) is -5.74. The molecule has 1 aromatic heterocycles. The third-order valence-electron chi connectivity index (χ3n) is 7.53. The van der Waals surface area contributed by atoms with Gasteiger partial charge in [-0.1, -0.05) is 24.3 Å². The standard InChI is InChI=1S/C34H28F4N4O4S/c1-18(2)47(45,46)25-7-5-21(6-8-25)30-17-40-31(33(39)42-30)34(44)41-24-15-22(11-19-3-9-26(35)28(37)13-19)32(43)23(16-24)12-20-4-10-27(36)29(38)14-20/h3-14,17-18,24H,15-16H2,1-2H3,(H2,39,42)(H,41,44)/b22-11+,23-12+. The third-order valence-corrected chi connectivity index (χ3v) is 9.70. The Morgan fingerprint density at radius 2 is 1.40 bits per heavy atom. The van der Waals surface area contributed by atoms with Gasteiger partial charge in [0.15, 0.2) is 50.4 Å². The molecule has 1 amide bonds. The molecule has 3 N–H and O–H groups in total. The molecular weight excluding hydrogens is 636 g/mol. The summed E-state index contributed by atoms with van der Waals surface area (Å²) in [4.78, 5) is 35.3. The number of rotatable bonds is 7. The van der Waals surface area contributed by atoms with E-state index in [0.29, 0.717) is 11.3 Å². The van der Waals surface area contributed by atoms with Crippen molar-refractivity contribution in [3.63, 3.8) is 0 Å². The fourth-order valence-corrected chi connectivity index (χ4v) is 6.07. The number of amides is 1. The second kappa shape index (κ2) is 13.3. The number of benzene rings is 3. The van der Waals surface area contributed by atoms with E-state index in [4.69, 9.17) is 5.73 Å². The van der Waals surface area contributed by atoms with E-state index in [1.807, 2.05) is 0 Å². The first-order chi connectivity index (χ1) is 22.2. The molecule has 0 aliphatic heterocycles. The van der Waals surface area contributed by atoms with Crippen molar-refractivity contribution >= 4 is 39.5 Å². The third kappa shape index (κ3) is 7.30. The molecule has 1 heterocycles. The second-order valence-electron chi connectivity index (χ2n) is 11.2. The molecule has 5 rings (SSSR count). The highest BCUT2D eigenvalue weighted by atomic mass is 32.2. The summed E-state index contributed by atoms with van der Waals surface area (Å²) in [7, 11) is -3.48. The molecule has 0 atom stereocenters. The van der Waals surface area contributed by atoms with Crippen LogP contribution in [-0.2, 0) is 14.6 Å². The fraction of sp³-hybridized carbons (Fsp3) is 0.176. The van der Waals surface area contributed by atoms with Gasteiger partial charge in [0.05, 0.1) is 22.0 Å². The van der Waals surface area contributed by atoms with Gasteiger partial charge in [-0.3, -0.25) is 9.59 Å². The van der Waals surface area contributed by atoms with Crippen LogP contribution in [0.2, 0.25) is 0 Å². The first-order valence-electron chi connectivity index (χ1n) is 14.4. The SMILES string of the molecule is CC(C)S(=O)(=O)c1ccc(-c2cnc(C(=O)NC3C/C(=C\c4ccc(F)c(F)c4)C(=O)/C(=C/c4ccc(F)c(F)c4)C3)c(N)n2)cc1. The summed E-state index contributed by atoms with van der Waals surface area (Å²) in [5, 5.41) is 2.17. The van der Waals surface area contributed by atoms with Gasteiger partial charge in [-0.25, -0.2) is 35.9 Å². The maximum atomic E-state index is 13.9. The molecule has 0 saturated heterocycles. The number of aromatic nitrogens is 2. The minimum atomic E-state index is -3.48. The van der Waals surface area contributed by atoms with Gasteiger partial charge in [0.1, 0.15) is 0 Å². The Morgan fingerprint density at radius 3 is 1.87 bits per heavy atom. The van der Waals surface area contributed by atoms with Crippen LogP contribution in [0, 0.1) is 23.3 Å². The van der Waals surface area contributed by atoms with Crippen molar-refractivity contribution in [1.29, 1.82) is 0 Å². The van der Waals surface area contributed by atoms with Crippen LogP contribution in [0.5, 0.6) is 0 Å². The Labute approximate surface area is 268 Å². The van der Waals surface area contributed by atoms with Crippen molar-refractivity contribution in [2.24, 2.45) is 0 Å². The number of nitrogens with two attached hydrogens (primary N) is 1. The maximum absolute atomic E-state index is 13.9. The van der Waals surface area contributed by atoms with Crippen molar-refractivity contribution in [3.8, 4) is 11.3 Å². The Hall–Kier alpha value is -5.17. The summed E-state index contributed by atoms with van der Waals surface area (Å²) in [6, 6.07) is 11.5. The van der Waals surface area contributed by atoms with E-state index in [0.717, 1.165) is 24.3 Å². The topological polar surface area (TPSA) is 132 Å². The number of nitrogens with one attached hydrogen (secondary N) is 1. The van der Waals surface area contributed by atoms with Crippen molar-refractivity contribution in [3.05, 3.63) is 118 Å². The van der Waals surface area contributed by atoms with Crippen molar-refractivity contribution in [1.82, 2.24) is 15.3 Å². The lowest BCUT2D eigenvalue weighted by atomic mass is 9.83. The van der Waals surface area contributed by atoms with E-state index in [9.17, 15) is 35.6 Å². The first kappa shape index (κ1) is 33.2. The second-order valence-corrected chi connectivity index (χ2v) is 13.7. The summed E-state index contributed by atoms with van der Waals surface area (Å²) >= 11 is 0. The quantitative estimate of drug-likeness (QED) is 0.181. The number of nitrogen functional groups attached to an aromatic ring is 1. The number of Topliss-reactive ketones (excluding diaryl/α,β-unsaturated/α-hetero) is 1. The van der Waals surface area contributed by atoms with Crippen LogP contribution in [-0.4, -0.2) is 41.4 Å². The van der Waals surface area contributed by atoms with Gasteiger partial charge in [-0.2, -0.15) is 0 Å². The average Bonchev–Trinajstić information content (AvgIpc) is 3.02. The molecule has 1 saturated carbocycles. The van der Waals surface area contributed by atoms with E-state index in [1.54, 1.807) is 26.0 Å². The minimum absolute atomic E-state index is 0.00423. The smallest absolute Gasteiger partial charge is 0.273 e. The Kier molecular flexibility index (Phi) is 9.38. The van der Waals surface area contributed by atoms with Gasteiger partial charge in [-0.05, 0) is 86.4 Å². The molecule has 0 bridgehead atoms. The predicted octanol–water partition coefficient (Wildman–Crippen LogP) is 6.09. The minimum Gasteiger partial charge on any atom is -0.382 e. The largest absolute Gasteiger partial charge is 0.382 e. The van der Waals surface area contributed by atoms with Crippen LogP contribution in [0.25, 0.3) is 23.4 Å². The average molecular weight is 665 g/mol. The fourth-order valence-electron chi connectivity index (χ4n) is 5.01. The van der Waals surface area contributed by atoms with E-state index >= 15 is 0 Å². The Balaban J connectivity index is 1.41. The number of ketones is 1. The number of nitrogens with zero attached hydrogens (tertiary/aromatic N) is 2. The molecule has 1 aliphatic rings. The van der Waals surface area contributed by atoms with Crippen LogP contribution in [0.4, 0.5) is 23.4 Å². The predicted molar refractivity (Wildman–Crippen MR) is 168 cm³/mol. The molecule has 1 fully saturated rings. The van der Waals surface area contributed by atoms with Crippen molar-refractivity contribution in [2.45, 2.75) is 42.9 Å². The van der Waals surface area contributed by atoms with Crippen LogP contribution in [0.3, 0.4) is 0 Å². The zero-order valence-corrected chi connectivity index (χ0v) is 25.9. The highest BCUT2D eigenvalue weighted by Gasteiger charge is 2.30. The molecule has 13 heteroatoms. The van der Waals surface area contributed by atoms with Crippen LogP contribution >= 0.6 is 0 Å². The molecular formula is C34H28F4N4O4S. The number of halogens is 4. The van der Waals surface area contributed by atoms with Gasteiger partial charge < -0.3 is 11.1 Å². The molecule has 242 valence electrons. The molecule has 8 nitrogen and oxygen atoms in total. The zero-order chi connectivity index (χ0) is 34.0. The summed E-state index contributed by atoms with van der Waals surface area (Å²) in [6.07, 6.45) is 4.03. The van der Waals surface area contributed by atoms with E-state index in [-0.39, 0.29) is 51.5 Å². The van der Waals surface area contributed by atoms with Crippen molar-refractivity contribution < 1.29 is 35.6 Å². The lowest BCUT2D eigenvalue weighted by molar-refractivity contribution is -0.113. The molecule has 0 spiro atoms. The monoisotopic (exact) mass is 664 g/mol. The molecule has 0 radical (unpaired) electrons. The number of hydrogen-bond donors (Lipinski definition) is 2. The van der Waals surface area contributed by atoms with Gasteiger partial charge in [0.25, 0.3) is 5.91 Å². The molecule has 47 heavy (non-hydrogen) atoms. The van der Waals surface area contributed by atoms with Crippen LogP contribution in [0.1, 0.15) is 48.3 Å². The van der Waals surface area contributed by atoms with E-state index in [1.165, 1.54) is 42.6 Å². The number of carbonyl (C=O) groups excluding carboxylic acids is 2. The Morgan fingerprint density at radius 1 is 0.872 bits per heavy atom. The van der Waals surface area contributed by atoms with E-state index < -0.39 is 56.1 Å². The van der Waals surface area contributed by atoms with Gasteiger partial charge in [0, 0.05) is 22.8 Å². The van der Waals surface area contributed by atoms with E-state index in [2.05, 4.69) is 15.3 Å². The van der Waals surface area contributed by atoms with Gasteiger partial charge in [-0.15, -0.1) is 0 Å². The lowest BCUT2D eigenvalue weighted by Gasteiger charge is -2.27. The van der Waals surface area contributed by atoms with Gasteiger partial charge in [0.2, 0.25) is 0 Å². The van der Waals surface area contributed by atoms with Gasteiger partial charge >= 0.3 is 0 Å². The molecule has 4 aromatic rings. The normalized spacial score (nSPS) is 17.0. The summed E-state index contributed by atoms with van der Waals surface area (Å²) in [6.45, 7) is 3.16. The zero-order valence-electron chi connectivity index (χ0n) is 25.1. The number of anilines is 1. The number of hydrogen-bond acceptors (Lipinski definition) is 7. The first-order valence-corrected chi connectivity index (χ1v) is 15.9. The highest BCUT2D eigenvalue weighted by molar-refractivity contribution is 7.92.